The number of methoxy groups -OCH3 is 1. The van der Waals surface area contributed by atoms with E-state index in [9.17, 15) is 5.26 Å². The molecule has 1 aromatic heterocycles. The van der Waals surface area contributed by atoms with Crippen molar-refractivity contribution in [2.45, 2.75) is 0 Å². The first-order valence-electron chi connectivity index (χ1n) is 7.83. The molecule has 4 rings (SSSR count). The van der Waals surface area contributed by atoms with Crippen LogP contribution in [0.15, 0.2) is 60.7 Å². The van der Waals surface area contributed by atoms with Gasteiger partial charge in [-0.25, -0.2) is 4.98 Å². The van der Waals surface area contributed by atoms with Gasteiger partial charge in [-0.15, -0.1) is 11.3 Å². The number of para-hydroxylation sites is 1. The smallest absolute Gasteiger partial charge is 0.135 e. The lowest BCUT2D eigenvalue weighted by Gasteiger charge is -2.09. The average molecular weight is 342 g/mol. The van der Waals surface area contributed by atoms with Gasteiger partial charge in [0.2, 0.25) is 0 Å². The molecule has 4 heteroatoms. The second kappa shape index (κ2) is 6.39. The predicted octanol–water partition coefficient (Wildman–Crippen LogP) is 5.52. The molecule has 0 aliphatic carbocycles. The minimum absolute atomic E-state index is 0.538. The zero-order valence-corrected chi connectivity index (χ0v) is 14.4. The number of fused-ring (bicyclic) bond motifs is 2. The van der Waals surface area contributed by atoms with Crippen molar-refractivity contribution >= 4 is 44.0 Å². The molecular weight excluding hydrogens is 328 g/mol. The third-order valence-electron chi connectivity index (χ3n) is 4.08. The van der Waals surface area contributed by atoms with Gasteiger partial charge in [0, 0.05) is 5.56 Å². The van der Waals surface area contributed by atoms with Crippen molar-refractivity contribution in [2.24, 2.45) is 0 Å². The Morgan fingerprint density at radius 1 is 1.08 bits per heavy atom. The molecule has 0 saturated heterocycles. The van der Waals surface area contributed by atoms with Gasteiger partial charge in [-0.1, -0.05) is 42.5 Å². The van der Waals surface area contributed by atoms with Crippen molar-refractivity contribution in [3.8, 4) is 11.8 Å². The Bertz CT molecular complexity index is 1120. The maximum Gasteiger partial charge on any atom is 0.135 e. The maximum atomic E-state index is 9.71. The molecule has 3 nitrogen and oxygen atoms in total. The molecule has 0 amide bonds. The van der Waals surface area contributed by atoms with Gasteiger partial charge in [0.25, 0.3) is 0 Å². The number of thiazole rings is 1. The van der Waals surface area contributed by atoms with E-state index in [1.807, 2.05) is 60.7 Å². The van der Waals surface area contributed by atoms with Crippen LogP contribution in [0.5, 0.6) is 5.75 Å². The summed E-state index contributed by atoms with van der Waals surface area (Å²) in [5.41, 5.74) is 2.35. The first-order valence-corrected chi connectivity index (χ1v) is 8.65. The standard InChI is InChI=1S/C21H14N2OS/c1-24-19-11-10-14-6-2-3-7-16(14)17(19)12-15(13-22)21-23-18-8-4-5-9-20(18)25-21/h2-12H,1H3. The molecule has 3 aromatic carbocycles. The van der Waals surface area contributed by atoms with Gasteiger partial charge in [0.05, 0.1) is 22.9 Å². The van der Waals surface area contributed by atoms with Crippen LogP contribution in [-0.2, 0) is 0 Å². The highest BCUT2D eigenvalue weighted by molar-refractivity contribution is 7.19. The van der Waals surface area contributed by atoms with E-state index < -0.39 is 0 Å². The molecule has 0 aliphatic rings. The Kier molecular flexibility index (Phi) is 3.93. The van der Waals surface area contributed by atoms with Crippen molar-refractivity contribution in [1.82, 2.24) is 4.98 Å². The molecule has 0 spiro atoms. The van der Waals surface area contributed by atoms with Crippen LogP contribution in [0.4, 0.5) is 0 Å². The summed E-state index contributed by atoms with van der Waals surface area (Å²) in [6, 6.07) is 22.2. The fourth-order valence-electron chi connectivity index (χ4n) is 2.88. The SMILES string of the molecule is COc1ccc2ccccc2c1C=C(C#N)c1nc2ccccc2s1. The van der Waals surface area contributed by atoms with E-state index in [1.54, 1.807) is 7.11 Å². The Hall–Kier alpha value is -3.16. The summed E-state index contributed by atoms with van der Waals surface area (Å²) in [6.45, 7) is 0. The summed E-state index contributed by atoms with van der Waals surface area (Å²) in [7, 11) is 1.64. The first-order chi connectivity index (χ1) is 12.3. The number of hydrogen-bond acceptors (Lipinski definition) is 4. The Labute approximate surface area is 149 Å². The van der Waals surface area contributed by atoms with Gasteiger partial charge in [-0.05, 0) is 35.0 Å². The number of hydrogen-bond donors (Lipinski definition) is 0. The Balaban J connectivity index is 1.94. The number of ether oxygens (including phenoxy) is 1. The number of aromatic nitrogens is 1. The molecule has 0 unspecified atom stereocenters. The third-order valence-corrected chi connectivity index (χ3v) is 5.15. The molecular formula is C21H14N2OS. The van der Waals surface area contributed by atoms with E-state index in [4.69, 9.17) is 4.74 Å². The van der Waals surface area contributed by atoms with Crippen LogP contribution in [0.2, 0.25) is 0 Å². The summed E-state index contributed by atoms with van der Waals surface area (Å²) in [5.74, 6) is 0.743. The van der Waals surface area contributed by atoms with Crippen molar-refractivity contribution in [3.63, 3.8) is 0 Å². The summed E-state index contributed by atoms with van der Waals surface area (Å²) in [4.78, 5) is 4.60. The Morgan fingerprint density at radius 3 is 2.68 bits per heavy atom. The topological polar surface area (TPSA) is 45.9 Å². The van der Waals surface area contributed by atoms with Crippen LogP contribution >= 0.6 is 11.3 Å². The minimum atomic E-state index is 0.538. The second-order valence-electron chi connectivity index (χ2n) is 5.56. The van der Waals surface area contributed by atoms with Crippen LogP contribution in [0, 0.1) is 11.3 Å². The number of allylic oxidation sites excluding steroid dienone is 1. The van der Waals surface area contributed by atoms with E-state index in [2.05, 4.69) is 17.1 Å². The molecule has 0 N–H and O–H groups in total. The lowest BCUT2D eigenvalue weighted by molar-refractivity contribution is 0.414. The average Bonchev–Trinajstić information content (AvgIpc) is 3.09. The fourth-order valence-corrected chi connectivity index (χ4v) is 3.81. The number of benzene rings is 3. The van der Waals surface area contributed by atoms with Crippen molar-refractivity contribution < 1.29 is 4.74 Å². The van der Waals surface area contributed by atoms with Gasteiger partial charge in [-0.2, -0.15) is 5.26 Å². The van der Waals surface area contributed by atoms with Crippen LogP contribution in [0.3, 0.4) is 0 Å². The minimum Gasteiger partial charge on any atom is -0.496 e. The fraction of sp³-hybridized carbons (Fsp3) is 0.0476. The first kappa shape index (κ1) is 15.4. The molecule has 0 saturated carbocycles. The highest BCUT2D eigenvalue weighted by Gasteiger charge is 2.12. The maximum absolute atomic E-state index is 9.71. The molecule has 0 fully saturated rings. The normalized spacial score (nSPS) is 11.6. The van der Waals surface area contributed by atoms with Crippen molar-refractivity contribution in [3.05, 3.63) is 71.2 Å². The van der Waals surface area contributed by atoms with E-state index in [0.29, 0.717) is 5.57 Å². The lowest BCUT2D eigenvalue weighted by atomic mass is 10.0. The molecule has 0 aliphatic heterocycles. The predicted molar refractivity (Wildman–Crippen MR) is 104 cm³/mol. The van der Waals surface area contributed by atoms with E-state index in [1.165, 1.54) is 11.3 Å². The zero-order valence-electron chi connectivity index (χ0n) is 13.6. The molecule has 0 atom stereocenters. The largest absolute Gasteiger partial charge is 0.496 e. The third kappa shape index (κ3) is 2.75. The second-order valence-corrected chi connectivity index (χ2v) is 6.59. The van der Waals surface area contributed by atoms with Crippen molar-refractivity contribution in [1.29, 1.82) is 5.26 Å². The summed E-state index contributed by atoms with van der Waals surface area (Å²) < 4.78 is 6.60. The van der Waals surface area contributed by atoms with Crippen LogP contribution in [0.25, 0.3) is 32.6 Å². The van der Waals surface area contributed by atoms with Crippen LogP contribution in [0.1, 0.15) is 10.6 Å². The van der Waals surface area contributed by atoms with Gasteiger partial charge >= 0.3 is 0 Å². The van der Waals surface area contributed by atoms with E-state index in [-0.39, 0.29) is 0 Å². The number of rotatable bonds is 3. The number of nitrogens with zero attached hydrogens (tertiary/aromatic N) is 2. The van der Waals surface area contributed by atoms with E-state index >= 15 is 0 Å². The molecule has 0 radical (unpaired) electrons. The quantitative estimate of drug-likeness (QED) is 0.460. The monoisotopic (exact) mass is 342 g/mol. The Morgan fingerprint density at radius 2 is 1.88 bits per heavy atom. The van der Waals surface area contributed by atoms with Crippen LogP contribution in [-0.4, -0.2) is 12.1 Å². The molecule has 1 heterocycles. The van der Waals surface area contributed by atoms with Gasteiger partial charge < -0.3 is 4.74 Å². The molecule has 0 bridgehead atoms. The van der Waals surface area contributed by atoms with Gasteiger partial charge in [0.1, 0.15) is 16.8 Å². The summed E-state index contributed by atoms with van der Waals surface area (Å²) >= 11 is 1.53. The summed E-state index contributed by atoms with van der Waals surface area (Å²) in [5, 5.41) is 12.6. The summed E-state index contributed by atoms with van der Waals surface area (Å²) in [6.07, 6.45) is 1.87. The van der Waals surface area contributed by atoms with E-state index in [0.717, 1.165) is 37.3 Å². The highest BCUT2D eigenvalue weighted by Crippen LogP contribution is 2.33. The highest BCUT2D eigenvalue weighted by atomic mass is 32.1. The lowest BCUT2D eigenvalue weighted by Crippen LogP contribution is -1.90. The molecule has 4 aromatic rings. The van der Waals surface area contributed by atoms with Gasteiger partial charge in [0.15, 0.2) is 0 Å². The van der Waals surface area contributed by atoms with Crippen LogP contribution < -0.4 is 4.74 Å². The number of nitriles is 1. The zero-order chi connectivity index (χ0) is 17.2. The van der Waals surface area contributed by atoms with Crippen molar-refractivity contribution in [2.75, 3.05) is 7.11 Å². The molecule has 120 valence electrons. The molecule has 25 heavy (non-hydrogen) atoms. The van der Waals surface area contributed by atoms with Gasteiger partial charge in [-0.3, -0.25) is 0 Å².